The zero-order chi connectivity index (χ0) is 16.8. The van der Waals surface area contributed by atoms with E-state index >= 15 is 0 Å². The summed E-state index contributed by atoms with van der Waals surface area (Å²) in [4.78, 5) is 6.80. The summed E-state index contributed by atoms with van der Waals surface area (Å²) in [7, 11) is 2.03. The van der Waals surface area contributed by atoms with Crippen molar-refractivity contribution >= 4 is 12.0 Å². The van der Waals surface area contributed by atoms with Gasteiger partial charge in [-0.2, -0.15) is 0 Å². The molecule has 1 heterocycles. The highest BCUT2D eigenvalue weighted by atomic mass is 19.1. The second kappa shape index (κ2) is 5.48. The average Bonchev–Trinajstić information content (AvgIpc) is 2.50. The van der Waals surface area contributed by atoms with Crippen molar-refractivity contribution in [2.75, 3.05) is 7.05 Å². The van der Waals surface area contributed by atoms with Gasteiger partial charge < -0.3 is 4.90 Å². The van der Waals surface area contributed by atoms with Crippen molar-refractivity contribution in [3.8, 4) is 0 Å². The third kappa shape index (κ3) is 2.35. The van der Waals surface area contributed by atoms with E-state index in [4.69, 9.17) is 4.99 Å². The summed E-state index contributed by atoms with van der Waals surface area (Å²) in [6, 6.07) is 11.4. The normalized spacial score (nSPS) is 20.0. The maximum atomic E-state index is 13.6. The van der Waals surface area contributed by atoms with Crippen LogP contribution in [0.3, 0.4) is 0 Å². The summed E-state index contributed by atoms with van der Waals surface area (Å²) in [5, 5.41) is 0. The molecule has 3 rings (SSSR count). The van der Waals surface area contributed by atoms with Crippen LogP contribution >= 0.6 is 0 Å². The third-order valence-electron chi connectivity index (χ3n) is 4.99. The summed E-state index contributed by atoms with van der Waals surface area (Å²) in [5.41, 5.74) is 5.16. The Balaban J connectivity index is 2.28. The smallest absolute Gasteiger partial charge is 0.123 e. The van der Waals surface area contributed by atoms with Crippen LogP contribution in [0.25, 0.3) is 0 Å². The van der Waals surface area contributed by atoms with Crippen LogP contribution in [0.5, 0.6) is 0 Å². The lowest BCUT2D eigenvalue weighted by atomic mass is 9.78. The lowest BCUT2D eigenvalue weighted by Crippen LogP contribution is -2.44. The Morgan fingerprint density at radius 1 is 1.13 bits per heavy atom. The Hall–Kier alpha value is -2.16. The molecule has 0 radical (unpaired) electrons. The molecule has 1 aliphatic heterocycles. The molecule has 120 valence electrons. The molecular formula is C20H23FN2. The van der Waals surface area contributed by atoms with Crippen LogP contribution in [0.4, 0.5) is 10.1 Å². The Morgan fingerprint density at radius 3 is 2.52 bits per heavy atom. The topological polar surface area (TPSA) is 15.6 Å². The molecule has 2 nitrogen and oxygen atoms in total. The van der Waals surface area contributed by atoms with Crippen molar-refractivity contribution in [2.24, 2.45) is 4.99 Å². The van der Waals surface area contributed by atoms with Gasteiger partial charge in [0.05, 0.1) is 17.6 Å². The lowest BCUT2D eigenvalue weighted by Gasteiger charge is -2.43. The molecule has 2 aromatic rings. The van der Waals surface area contributed by atoms with Gasteiger partial charge in [-0.1, -0.05) is 38.1 Å². The Bertz CT molecular complexity index is 779. The number of aryl methyl sites for hydroxylation is 1. The van der Waals surface area contributed by atoms with Crippen LogP contribution in [0.2, 0.25) is 0 Å². The molecule has 0 saturated heterocycles. The summed E-state index contributed by atoms with van der Waals surface area (Å²) >= 11 is 0. The van der Waals surface area contributed by atoms with E-state index in [2.05, 4.69) is 43.9 Å². The first-order valence-corrected chi connectivity index (χ1v) is 8.03. The number of hydrogen-bond donors (Lipinski definition) is 0. The molecule has 2 aromatic carbocycles. The standard InChI is InChI=1S/C20H23FN2/c1-13(2)16-7-6-8-18-19(16)22-12-23(5)20(18,4)17-10-9-15(21)11-14(17)3/h6-13H,1-5H3. The Morgan fingerprint density at radius 2 is 1.87 bits per heavy atom. The minimum absolute atomic E-state index is 0.196. The number of aliphatic imine (C=N–C) groups is 1. The van der Waals surface area contributed by atoms with Gasteiger partial charge in [-0.3, -0.25) is 0 Å². The van der Waals surface area contributed by atoms with E-state index in [-0.39, 0.29) is 11.4 Å². The van der Waals surface area contributed by atoms with Crippen molar-refractivity contribution in [3.63, 3.8) is 0 Å². The zero-order valence-corrected chi connectivity index (χ0v) is 14.4. The minimum atomic E-state index is -0.361. The molecule has 0 saturated carbocycles. The van der Waals surface area contributed by atoms with Gasteiger partial charge in [0.25, 0.3) is 0 Å². The van der Waals surface area contributed by atoms with Gasteiger partial charge in [-0.15, -0.1) is 0 Å². The fraction of sp³-hybridized carbons (Fsp3) is 0.350. The minimum Gasteiger partial charge on any atom is -0.352 e. The van der Waals surface area contributed by atoms with Crippen LogP contribution in [-0.2, 0) is 5.54 Å². The predicted molar refractivity (Wildman–Crippen MR) is 94.0 cm³/mol. The van der Waals surface area contributed by atoms with E-state index in [9.17, 15) is 4.39 Å². The highest BCUT2D eigenvalue weighted by Gasteiger charge is 2.38. The van der Waals surface area contributed by atoms with Crippen LogP contribution in [0.1, 0.15) is 48.9 Å². The number of fused-ring (bicyclic) bond motifs is 1. The number of para-hydroxylation sites is 1. The summed E-state index contributed by atoms with van der Waals surface area (Å²) in [5.74, 6) is 0.210. The first kappa shape index (κ1) is 15.7. The van der Waals surface area contributed by atoms with Crippen LogP contribution in [0, 0.1) is 12.7 Å². The van der Waals surface area contributed by atoms with Crippen molar-refractivity contribution in [1.29, 1.82) is 0 Å². The fourth-order valence-electron chi connectivity index (χ4n) is 3.52. The molecule has 0 fully saturated rings. The quantitative estimate of drug-likeness (QED) is 0.751. The second-order valence-electron chi connectivity index (χ2n) is 6.79. The highest BCUT2D eigenvalue weighted by molar-refractivity contribution is 5.74. The molecule has 0 aliphatic carbocycles. The van der Waals surface area contributed by atoms with E-state index in [1.807, 2.05) is 26.4 Å². The van der Waals surface area contributed by atoms with E-state index in [1.165, 1.54) is 11.1 Å². The van der Waals surface area contributed by atoms with E-state index in [1.54, 1.807) is 12.1 Å². The fourth-order valence-corrected chi connectivity index (χ4v) is 3.52. The predicted octanol–water partition coefficient (Wildman–Crippen LogP) is 5.13. The maximum absolute atomic E-state index is 13.6. The molecular weight excluding hydrogens is 287 g/mol. The number of benzene rings is 2. The molecule has 0 bridgehead atoms. The van der Waals surface area contributed by atoms with Crippen molar-refractivity contribution in [2.45, 2.75) is 39.2 Å². The second-order valence-corrected chi connectivity index (χ2v) is 6.79. The van der Waals surface area contributed by atoms with Crippen LogP contribution in [-0.4, -0.2) is 18.3 Å². The highest BCUT2D eigenvalue weighted by Crippen LogP contribution is 2.45. The van der Waals surface area contributed by atoms with E-state index in [0.29, 0.717) is 5.92 Å². The van der Waals surface area contributed by atoms with Gasteiger partial charge in [0, 0.05) is 12.6 Å². The third-order valence-corrected chi connectivity index (χ3v) is 4.99. The summed E-state index contributed by atoms with van der Waals surface area (Å²) < 4.78 is 13.6. The first-order valence-electron chi connectivity index (χ1n) is 8.03. The molecule has 1 atom stereocenters. The molecule has 1 unspecified atom stereocenters. The van der Waals surface area contributed by atoms with Crippen molar-refractivity contribution in [3.05, 3.63) is 64.5 Å². The molecule has 0 amide bonds. The monoisotopic (exact) mass is 310 g/mol. The van der Waals surface area contributed by atoms with Gasteiger partial charge in [0.15, 0.2) is 0 Å². The maximum Gasteiger partial charge on any atom is 0.123 e. The van der Waals surface area contributed by atoms with Gasteiger partial charge in [-0.25, -0.2) is 9.38 Å². The molecule has 23 heavy (non-hydrogen) atoms. The molecule has 1 aliphatic rings. The number of rotatable bonds is 2. The summed E-state index contributed by atoms with van der Waals surface area (Å²) in [6.07, 6.45) is 1.89. The van der Waals surface area contributed by atoms with Gasteiger partial charge in [0.2, 0.25) is 0 Å². The molecule has 0 aromatic heterocycles. The van der Waals surface area contributed by atoms with E-state index in [0.717, 1.165) is 16.8 Å². The molecule has 3 heteroatoms. The zero-order valence-electron chi connectivity index (χ0n) is 14.4. The van der Waals surface area contributed by atoms with Crippen LogP contribution in [0.15, 0.2) is 41.4 Å². The van der Waals surface area contributed by atoms with Crippen LogP contribution < -0.4 is 0 Å². The molecule has 0 N–H and O–H groups in total. The number of halogens is 1. The Kier molecular flexibility index (Phi) is 3.75. The van der Waals surface area contributed by atoms with Gasteiger partial charge in [-0.05, 0) is 48.6 Å². The average molecular weight is 310 g/mol. The van der Waals surface area contributed by atoms with Crippen molar-refractivity contribution in [1.82, 2.24) is 4.90 Å². The summed E-state index contributed by atoms with van der Waals surface area (Å²) in [6.45, 7) is 8.52. The SMILES string of the molecule is Cc1cc(F)ccc1C1(C)c2cccc(C(C)C)c2N=CN1C. The number of hydrogen-bond acceptors (Lipinski definition) is 2. The molecule has 0 spiro atoms. The lowest BCUT2D eigenvalue weighted by molar-refractivity contribution is 0.290. The van der Waals surface area contributed by atoms with E-state index < -0.39 is 0 Å². The first-order chi connectivity index (χ1) is 10.9. The Labute approximate surface area is 137 Å². The number of nitrogens with zero attached hydrogens (tertiary/aromatic N) is 2. The van der Waals surface area contributed by atoms with Crippen molar-refractivity contribution < 1.29 is 4.39 Å². The largest absolute Gasteiger partial charge is 0.352 e. The van der Waals surface area contributed by atoms with Gasteiger partial charge >= 0.3 is 0 Å². The van der Waals surface area contributed by atoms with Gasteiger partial charge in [0.1, 0.15) is 5.82 Å².